The molecule has 0 amide bonds. The summed E-state index contributed by atoms with van der Waals surface area (Å²) in [6.07, 6.45) is 0. The van der Waals surface area contributed by atoms with E-state index in [1.54, 1.807) is 6.92 Å². The van der Waals surface area contributed by atoms with Gasteiger partial charge in [-0.25, -0.2) is 0 Å². The van der Waals surface area contributed by atoms with E-state index in [1.807, 2.05) is 0 Å². The average molecular weight is 110 g/mol. The lowest BCUT2D eigenvalue weighted by Gasteiger charge is -1.91. The molecule has 0 aromatic heterocycles. The molecule has 0 aliphatic rings. The van der Waals surface area contributed by atoms with Crippen LogP contribution in [0.25, 0.3) is 0 Å². The fraction of sp³-hybridized carbons (Fsp3) is 0.143. The van der Waals surface area contributed by atoms with Gasteiger partial charge in [-0.3, -0.25) is 0 Å². The highest BCUT2D eigenvalue weighted by molar-refractivity contribution is 5.39. The maximum atomic E-state index is 7.36. The Morgan fingerprint density at radius 3 is 3.12 bits per heavy atom. The SMILES string of the molecule is [2H]c1cc([2H])c(N)c([2H])c1C. The second-order valence-electron chi connectivity index (χ2n) is 1.60. The Morgan fingerprint density at radius 1 is 1.62 bits per heavy atom. The minimum absolute atomic E-state index is 0.0607. The number of hydrogen-bond acceptors (Lipinski definition) is 1. The van der Waals surface area contributed by atoms with Crippen LogP contribution in [0.4, 0.5) is 5.69 Å². The molecular weight excluding hydrogens is 98.1 g/mol. The Labute approximate surface area is 53.4 Å². The van der Waals surface area contributed by atoms with E-state index in [0.717, 1.165) is 0 Å². The molecule has 42 valence electrons. The monoisotopic (exact) mass is 110 g/mol. The zero-order valence-electron chi connectivity index (χ0n) is 7.65. The second-order valence-corrected chi connectivity index (χ2v) is 1.60. The summed E-state index contributed by atoms with van der Waals surface area (Å²) in [5, 5.41) is 0. The molecule has 0 spiro atoms. The molecule has 0 fully saturated rings. The molecule has 1 aromatic rings. The Bertz CT molecular complexity index is 270. The van der Waals surface area contributed by atoms with Gasteiger partial charge in [0.05, 0.1) is 4.11 Å². The van der Waals surface area contributed by atoms with Crippen molar-refractivity contribution in [1.82, 2.24) is 0 Å². The Balaban J connectivity index is 3.46. The summed E-state index contributed by atoms with van der Waals surface area (Å²) < 4.78 is 21.9. The van der Waals surface area contributed by atoms with E-state index in [1.165, 1.54) is 6.07 Å². The molecule has 1 aromatic carbocycles. The van der Waals surface area contributed by atoms with Crippen molar-refractivity contribution in [1.29, 1.82) is 0 Å². The zero-order valence-corrected chi connectivity index (χ0v) is 4.65. The van der Waals surface area contributed by atoms with E-state index in [0.29, 0.717) is 5.56 Å². The van der Waals surface area contributed by atoms with E-state index < -0.39 is 0 Å². The van der Waals surface area contributed by atoms with Gasteiger partial charge >= 0.3 is 0 Å². The zero-order chi connectivity index (χ0) is 8.59. The van der Waals surface area contributed by atoms with Gasteiger partial charge in [0, 0.05) is 5.69 Å². The summed E-state index contributed by atoms with van der Waals surface area (Å²) in [6.45, 7) is 1.65. The summed E-state index contributed by atoms with van der Waals surface area (Å²) in [7, 11) is 0. The Hall–Kier alpha value is -0.980. The van der Waals surface area contributed by atoms with Gasteiger partial charge in [0.2, 0.25) is 0 Å². The summed E-state index contributed by atoms with van der Waals surface area (Å²) in [5.41, 5.74) is 6.07. The minimum Gasteiger partial charge on any atom is -0.399 e. The lowest BCUT2D eigenvalue weighted by atomic mass is 10.2. The van der Waals surface area contributed by atoms with Crippen molar-refractivity contribution in [2.45, 2.75) is 6.92 Å². The van der Waals surface area contributed by atoms with Gasteiger partial charge < -0.3 is 5.73 Å². The van der Waals surface area contributed by atoms with Gasteiger partial charge in [-0.05, 0) is 24.6 Å². The first-order chi connectivity index (χ1) is 5.04. The molecular formula is C7H9N. The molecule has 0 atom stereocenters. The van der Waals surface area contributed by atoms with Crippen LogP contribution in [0.5, 0.6) is 0 Å². The summed E-state index contributed by atoms with van der Waals surface area (Å²) in [6, 6.07) is 1.71. The molecule has 1 heteroatoms. The van der Waals surface area contributed by atoms with E-state index in [4.69, 9.17) is 9.85 Å². The highest BCUT2D eigenvalue weighted by Crippen LogP contribution is 2.03. The third kappa shape index (κ3) is 0.997. The lowest BCUT2D eigenvalue weighted by Crippen LogP contribution is -1.82. The van der Waals surface area contributed by atoms with Crippen molar-refractivity contribution in [3.8, 4) is 0 Å². The van der Waals surface area contributed by atoms with Gasteiger partial charge in [0.25, 0.3) is 0 Å². The molecule has 0 aliphatic heterocycles. The lowest BCUT2D eigenvalue weighted by molar-refractivity contribution is 1.47. The van der Waals surface area contributed by atoms with Crippen LogP contribution in [-0.4, -0.2) is 0 Å². The first-order valence-corrected chi connectivity index (χ1v) is 2.37. The first kappa shape index (κ1) is 2.53. The molecule has 0 radical (unpaired) electrons. The largest absolute Gasteiger partial charge is 0.399 e. The molecule has 2 N–H and O–H groups in total. The van der Waals surface area contributed by atoms with Gasteiger partial charge in [0.1, 0.15) is 0 Å². The minimum atomic E-state index is 0.0607. The quantitative estimate of drug-likeness (QED) is 0.504. The number of benzene rings is 1. The number of nitrogen functional groups attached to an aromatic ring is 1. The normalized spacial score (nSPS) is 14.4. The fourth-order valence-corrected chi connectivity index (χ4v) is 0.496. The predicted molar refractivity (Wildman–Crippen MR) is 35.6 cm³/mol. The number of hydrogen-bond donors (Lipinski definition) is 1. The molecule has 1 rings (SSSR count). The first-order valence-electron chi connectivity index (χ1n) is 3.87. The van der Waals surface area contributed by atoms with E-state index in [9.17, 15) is 0 Å². The maximum absolute atomic E-state index is 7.36. The molecule has 0 saturated heterocycles. The molecule has 0 bridgehead atoms. The van der Waals surface area contributed by atoms with Crippen molar-refractivity contribution in [3.05, 3.63) is 29.8 Å². The van der Waals surface area contributed by atoms with Crippen LogP contribution in [0.15, 0.2) is 24.2 Å². The molecule has 0 unspecified atom stereocenters. The Morgan fingerprint density at radius 2 is 2.38 bits per heavy atom. The van der Waals surface area contributed by atoms with Crippen LogP contribution in [0.2, 0.25) is 0 Å². The van der Waals surface area contributed by atoms with Crippen molar-refractivity contribution in [2.24, 2.45) is 0 Å². The highest BCUT2D eigenvalue weighted by Gasteiger charge is 1.81. The van der Waals surface area contributed by atoms with Crippen LogP contribution in [0.1, 0.15) is 9.68 Å². The molecule has 0 heterocycles. The third-order valence-electron chi connectivity index (χ3n) is 0.839. The van der Waals surface area contributed by atoms with E-state index in [2.05, 4.69) is 0 Å². The van der Waals surface area contributed by atoms with Crippen molar-refractivity contribution >= 4 is 5.69 Å². The van der Waals surface area contributed by atoms with Crippen molar-refractivity contribution < 1.29 is 4.11 Å². The van der Waals surface area contributed by atoms with E-state index >= 15 is 0 Å². The Kier molecular flexibility index (Phi) is 0.591. The molecule has 8 heavy (non-hydrogen) atoms. The summed E-state index contributed by atoms with van der Waals surface area (Å²) >= 11 is 0. The van der Waals surface area contributed by atoms with Gasteiger partial charge in [0.15, 0.2) is 0 Å². The molecule has 0 saturated carbocycles. The van der Waals surface area contributed by atoms with Crippen LogP contribution >= 0.6 is 0 Å². The number of anilines is 1. The molecule has 1 nitrogen and oxygen atoms in total. The van der Waals surface area contributed by atoms with Crippen LogP contribution in [0.3, 0.4) is 0 Å². The van der Waals surface area contributed by atoms with Crippen LogP contribution in [0, 0.1) is 6.92 Å². The van der Waals surface area contributed by atoms with Gasteiger partial charge in [-0.15, -0.1) is 0 Å². The smallest absolute Gasteiger partial charge is 0.0647 e. The highest BCUT2D eigenvalue weighted by atomic mass is 14.5. The average Bonchev–Trinajstić information content (AvgIpc) is 1.97. The van der Waals surface area contributed by atoms with Gasteiger partial charge in [-0.2, -0.15) is 0 Å². The van der Waals surface area contributed by atoms with Gasteiger partial charge in [-0.1, -0.05) is 12.1 Å². The van der Waals surface area contributed by atoms with Crippen molar-refractivity contribution in [3.63, 3.8) is 0 Å². The van der Waals surface area contributed by atoms with Crippen molar-refractivity contribution in [2.75, 3.05) is 5.73 Å². The molecule has 0 aliphatic carbocycles. The topological polar surface area (TPSA) is 26.0 Å². The number of rotatable bonds is 0. The van der Waals surface area contributed by atoms with Crippen LogP contribution < -0.4 is 5.73 Å². The predicted octanol–water partition coefficient (Wildman–Crippen LogP) is 1.58. The number of nitrogens with two attached hydrogens (primary N) is 1. The second kappa shape index (κ2) is 1.86. The fourth-order valence-electron chi connectivity index (χ4n) is 0.496. The maximum Gasteiger partial charge on any atom is 0.0647 e. The third-order valence-corrected chi connectivity index (χ3v) is 0.839. The standard InChI is InChI=1S/C7H9N/c1-6-3-2-4-7(8)5-6/h2-5H,8H2,1H3/i3D,4D,5D. The summed E-state index contributed by atoms with van der Waals surface area (Å²) in [4.78, 5) is 0. The summed E-state index contributed by atoms with van der Waals surface area (Å²) in [5.74, 6) is 0. The van der Waals surface area contributed by atoms with Crippen LogP contribution in [-0.2, 0) is 0 Å². The van der Waals surface area contributed by atoms with E-state index in [-0.39, 0.29) is 23.8 Å².